The van der Waals surface area contributed by atoms with Crippen molar-refractivity contribution in [1.82, 2.24) is 0 Å². The van der Waals surface area contributed by atoms with E-state index >= 15 is 0 Å². The van der Waals surface area contributed by atoms with E-state index in [2.05, 4.69) is 6.92 Å². The molecule has 0 aliphatic heterocycles. The molecule has 3 N–H and O–H groups in total. The first kappa shape index (κ1) is 14.3. The largest absolute Gasteiger partial charge is 0.396 e. The molecule has 0 aromatic rings. The summed E-state index contributed by atoms with van der Waals surface area (Å²) in [6, 6.07) is 0. The summed E-state index contributed by atoms with van der Waals surface area (Å²) in [5.74, 6) is 0.613. The van der Waals surface area contributed by atoms with Crippen LogP contribution in [0.3, 0.4) is 0 Å². The lowest BCUT2D eigenvalue weighted by Gasteiger charge is -2.40. The van der Waals surface area contributed by atoms with Gasteiger partial charge in [0.1, 0.15) is 0 Å². The molecule has 0 aromatic carbocycles. The highest BCUT2D eigenvalue weighted by atomic mass is 16.3. The molecule has 18 heavy (non-hydrogen) atoms. The van der Waals surface area contributed by atoms with E-state index in [4.69, 9.17) is 0 Å². The monoisotopic (exact) mass is 256 g/mol. The number of aliphatic hydroxyl groups is 3. The third kappa shape index (κ3) is 2.00. The van der Waals surface area contributed by atoms with Gasteiger partial charge in [0, 0.05) is 6.61 Å². The topological polar surface area (TPSA) is 60.7 Å². The van der Waals surface area contributed by atoms with Gasteiger partial charge < -0.3 is 15.3 Å². The molecule has 0 radical (unpaired) electrons. The fourth-order valence-electron chi connectivity index (χ4n) is 4.44. The van der Waals surface area contributed by atoms with Gasteiger partial charge in [0.2, 0.25) is 0 Å². The quantitative estimate of drug-likeness (QED) is 0.707. The van der Waals surface area contributed by atoms with Crippen LogP contribution in [0.25, 0.3) is 0 Å². The third-order valence-electron chi connectivity index (χ3n) is 5.76. The summed E-state index contributed by atoms with van der Waals surface area (Å²) in [7, 11) is 0. The van der Waals surface area contributed by atoms with E-state index in [1.54, 1.807) is 0 Å². The van der Waals surface area contributed by atoms with Gasteiger partial charge >= 0.3 is 0 Å². The molecule has 106 valence electrons. The van der Waals surface area contributed by atoms with E-state index in [0.29, 0.717) is 12.3 Å². The second-order valence-electron chi connectivity index (χ2n) is 7.13. The lowest BCUT2D eigenvalue weighted by Crippen LogP contribution is -2.49. The van der Waals surface area contributed by atoms with Gasteiger partial charge in [-0.25, -0.2) is 0 Å². The van der Waals surface area contributed by atoms with E-state index in [1.807, 2.05) is 13.8 Å². The van der Waals surface area contributed by atoms with Crippen molar-refractivity contribution in [2.45, 2.75) is 64.6 Å². The molecule has 2 aliphatic rings. The Balaban J connectivity index is 2.27. The van der Waals surface area contributed by atoms with Crippen LogP contribution in [-0.4, -0.2) is 33.6 Å². The summed E-state index contributed by atoms with van der Waals surface area (Å²) in [4.78, 5) is 0. The zero-order valence-corrected chi connectivity index (χ0v) is 11.9. The van der Waals surface area contributed by atoms with Crippen molar-refractivity contribution in [3.8, 4) is 0 Å². The molecule has 2 fully saturated rings. The maximum absolute atomic E-state index is 11.0. The highest BCUT2D eigenvalue weighted by molar-refractivity contribution is 5.10. The van der Waals surface area contributed by atoms with E-state index in [-0.39, 0.29) is 23.9 Å². The van der Waals surface area contributed by atoms with Gasteiger partial charge in [-0.1, -0.05) is 20.8 Å². The molecule has 0 bridgehead atoms. The van der Waals surface area contributed by atoms with Gasteiger partial charge in [0.25, 0.3) is 0 Å². The summed E-state index contributed by atoms with van der Waals surface area (Å²) >= 11 is 0. The van der Waals surface area contributed by atoms with Crippen LogP contribution < -0.4 is 0 Å². The first-order valence-electron chi connectivity index (χ1n) is 7.36. The predicted molar refractivity (Wildman–Crippen MR) is 71.1 cm³/mol. The second-order valence-corrected chi connectivity index (χ2v) is 7.13. The minimum absolute atomic E-state index is 0.0301. The van der Waals surface area contributed by atoms with Crippen LogP contribution in [0.1, 0.15) is 52.9 Å². The van der Waals surface area contributed by atoms with Crippen molar-refractivity contribution < 1.29 is 15.3 Å². The smallest absolute Gasteiger partial charge is 0.0961 e. The summed E-state index contributed by atoms with van der Waals surface area (Å²) in [5, 5.41) is 30.6. The first-order chi connectivity index (χ1) is 8.34. The maximum atomic E-state index is 11.0. The minimum Gasteiger partial charge on any atom is -0.396 e. The maximum Gasteiger partial charge on any atom is 0.0961 e. The number of rotatable bonds is 2. The van der Waals surface area contributed by atoms with Crippen LogP contribution >= 0.6 is 0 Å². The number of aliphatic hydroxyl groups excluding tert-OH is 2. The molecule has 0 saturated heterocycles. The average Bonchev–Trinajstić information content (AvgIpc) is 2.44. The van der Waals surface area contributed by atoms with Crippen molar-refractivity contribution in [2.24, 2.45) is 23.2 Å². The molecular formula is C15H28O3. The SMILES string of the molecule is CC(C)[C@@]1(O)[C@@H]2CCC(CO)CC[C@@]2(C)C[C@@H]1O. The zero-order chi connectivity index (χ0) is 13.6. The Morgan fingerprint density at radius 3 is 2.44 bits per heavy atom. The van der Waals surface area contributed by atoms with E-state index in [0.717, 1.165) is 25.7 Å². The highest BCUT2D eigenvalue weighted by Crippen LogP contribution is 2.58. The molecule has 1 unspecified atom stereocenters. The van der Waals surface area contributed by atoms with Crippen LogP contribution in [0.4, 0.5) is 0 Å². The summed E-state index contributed by atoms with van der Waals surface area (Å²) in [6.45, 7) is 6.47. The molecule has 0 spiro atoms. The summed E-state index contributed by atoms with van der Waals surface area (Å²) < 4.78 is 0. The molecule has 0 amide bonds. The number of fused-ring (bicyclic) bond motifs is 1. The van der Waals surface area contributed by atoms with Gasteiger partial charge in [-0.3, -0.25) is 0 Å². The highest BCUT2D eigenvalue weighted by Gasteiger charge is 2.60. The lowest BCUT2D eigenvalue weighted by molar-refractivity contribution is -0.121. The Bertz CT molecular complexity index is 304. The first-order valence-corrected chi connectivity index (χ1v) is 7.36. The lowest BCUT2D eigenvalue weighted by atomic mass is 9.69. The second kappa shape index (κ2) is 4.77. The normalized spacial score (nSPS) is 49.2. The molecule has 0 aromatic heterocycles. The van der Waals surface area contributed by atoms with Crippen molar-refractivity contribution in [2.75, 3.05) is 6.61 Å². The molecule has 2 rings (SSSR count). The van der Waals surface area contributed by atoms with Gasteiger partial charge in [-0.15, -0.1) is 0 Å². The van der Waals surface area contributed by atoms with E-state index < -0.39 is 11.7 Å². The Morgan fingerprint density at radius 2 is 1.89 bits per heavy atom. The minimum atomic E-state index is -0.945. The Labute approximate surface area is 110 Å². The van der Waals surface area contributed by atoms with Gasteiger partial charge in [-0.05, 0) is 55.3 Å². The molecule has 5 atom stereocenters. The van der Waals surface area contributed by atoms with Crippen molar-refractivity contribution in [1.29, 1.82) is 0 Å². The summed E-state index contributed by atoms with van der Waals surface area (Å²) in [6.07, 6.45) is 4.02. The Morgan fingerprint density at radius 1 is 1.22 bits per heavy atom. The molecule has 3 nitrogen and oxygen atoms in total. The number of hydrogen-bond donors (Lipinski definition) is 3. The fraction of sp³-hybridized carbons (Fsp3) is 1.00. The average molecular weight is 256 g/mol. The third-order valence-corrected chi connectivity index (χ3v) is 5.76. The predicted octanol–water partition coefficient (Wildman–Crippen LogP) is 1.94. The van der Waals surface area contributed by atoms with Crippen LogP contribution in [0.2, 0.25) is 0 Å². The van der Waals surface area contributed by atoms with Crippen molar-refractivity contribution >= 4 is 0 Å². The van der Waals surface area contributed by atoms with Crippen LogP contribution in [0.5, 0.6) is 0 Å². The van der Waals surface area contributed by atoms with Crippen LogP contribution in [0.15, 0.2) is 0 Å². The van der Waals surface area contributed by atoms with Gasteiger partial charge in [-0.2, -0.15) is 0 Å². The van der Waals surface area contributed by atoms with Crippen molar-refractivity contribution in [3.05, 3.63) is 0 Å². The van der Waals surface area contributed by atoms with Crippen molar-refractivity contribution in [3.63, 3.8) is 0 Å². The zero-order valence-electron chi connectivity index (χ0n) is 11.9. The Kier molecular flexibility index (Phi) is 3.79. The molecular weight excluding hydrogens is 228 g/mol. The van der Waals surface area contributed by atoms with Gasteiger partial charge in [0.15, 0.2) is 0 Å². The molecule has 2 saturated carbocycles. The van der Waals surface area contributed by atoms with E-state index in [1.165, 1.54) is 0 Å². The number of hydrogen-bond acceptors (Lipinski definition) is 3. The Hall–Kier alpha value is -0.120. The van der Waals surface area contributed by atoms with Crippen LogP contribution in [-0.2, 0) is 0 Å². The van der Waals surface area contributed by atoms with E-state index in [9.17, 15) is 15.3 Å². The molecule has 0 heterocycles. The van der Waals surface area contributed by atoms with Gasteiger partial charge in [0.05, 0.1) is 11.7 Å². The molecule has 2 aliphatic carbocycles. The fourth-order valence-corrected chi connectivity index (χ4v) is 4.44. The summed E-state index contributed by atoms with van der Waals surface area (Å²) in [5.41, 5.74) is -0.915. The molecule has 3 heteroatoms. The van der Waals surface area contributed by atoms with Crippen LogP contribution in [0, 0.1) is 23.2 Å². The standard InChI is InChI=1S/C15H28O3/c1-10(2)15(18)12-5-4-11(9-16)6-7-14(12,3)8-13(15)17/h10-13,16-18H,4-9H2,1-3H3/t11?,12-,13+,14+,15-/m1/s1.